The van der Waals surface area contributed by atoms with Gasteiger partial charge in [-0.05, 0) is 30.5 Å². The Morgan fingerprint density at radius 2 is 1.69 bits per heavy atom. The van der Waals surface area contributed by atoms with Crippen LogP contribution < -0.4 is 5.73 Å². The molecule has 5 rings (SSSR count). The van der Waals surface area contributed by atoms with Gasteiger partial charge in [0.15, 0.2) is 0 Å². The van der Waals surface area contributed by atoms with Crippen molar-refractivity contribution in [1.29, 1.82) is 0 Å². The Bertz CT molecular complexity index is 1220. The van der Waals surface area contributed by atoms with Crippen LogP contribution in [0.4, 0.5) is 0 Å². The highest BCUT2D eigenvalue weighted by Crippen LogP contribution is 2.41. The maximum absolute atomic E-state index is 13.4. The topological polar surface area (TPSA) is 88.6 Å². The van der Waals surface area contributed by atoms with Crippen LogP contribution >= 0.6 is 0 Å². The highest BCUT2D eigenvalue weighted by Gasteiger charge is 2.40. The van der Waals surface area contributed by atoms with Gasteiger partial charge < -0.3 is 20.1 Å². The molecule has 0 bridgehead atoms. The Balaban J connectivity index is 1.48. The molecule has 1 aromatic heterocycles. The third kappa shape index (κ3) is 3.25. The number of primary amides is 1. The van der Waals surface area contributed by atoms with Gasteiger partial charge in [0.1, 0.15) is 6.54 Å². The Kier molecular flexibility index (Phi) is 4.96. The van der Waals surface area contributed by atoms with Crippen LogP contribution in [0.5, 0.6) is 0 Å². The van der Waals surface area contributed by atoms with E-state index in [1.165, 1.54) is 0 Å². The number of carbonyl (C=O) groups is 3. The number of likely N-dealkylation sites (tertiary alicyclic amines) is 1. The zero-order valence-electron chi connectivity index (χ0n) is 18.0. The van der Waals surface area contributed by atoms with Crippen LogP contribution in [0.2, 0.25) is 0 Å². The van der Waals surface area contributed by atoms with E-state index in [0.29, 0.717) is 31.5 Å². The van der Waals surface area contributed by atoms with Crippen LogP contribution in [-0.4, -0.2) is 51.7 Å². The van der Waals surface area contributed by atoms with Crippen molar-refractivity contribution in [3.05, 3.63) is 71.4 Å². The fraction of sp³-hybridized carbons (Fsp3) is 0.320. The average molecular weight is 431 g/mol. The predicted octanol–water partition coefficient (Wildman–Crippen LogP) is 2.45. The van der Waals surface area contributed by atoms with E-state index in [1.54, 1.807) is 9.80 Å². The standard InChI is InChI=1S/C25H26N4O3/c1-27-14-20(17-6-4-5-9-21(17)27)23-18-7-2-3-8-19(18)25(32)29(23)15-22(30)28-12-10-16(11-13-28)24(26)31/h2-9,14,16,23H,10-13,15H2,1H3,(H2,26,31)/t23-/m1/s1. The summed E-state index contributed by atoms with van der Waals surface area (Å²) in [6.07, 6.45) is 3.20. The molecule has 1 fully saturated rings. The number of benzene rings is 2. The first-order valence-corrected chi connectivity index (χ1v) is 11.0. The highest BCUT2D eigenvalue weighted by atomic mass is 16.2. The van der Waals surface area contributed by atoms with Crippen molar-refractivity contribution >= 4 is 28.6 Å². The normalized spacial score (nSPS) is 18.9. The Hall–Kier alpha value is -3.61. The summed E-state index contributed by atoms with van der Waals surface area (Å²) in [4.78, 5) is 41.4. The molecule has 0 aliphatic carbocycles. The van der Waals surface area contributed by atoms with E-state index in [2.05, 4.69) is 22.9 Å². The molecule has 1 saturated heterocycles. The largest absolute Gasteiger partial charge is 0.369 e. The number of aromatic nitrogens is 1. The van der Waals surface area contributed by atoms with Gasteiger partial charge in [0.05, 0.1) is 6.04 Å². The van der Waals surface area contributed by atoms with Crippen molar-refractivity contribution in [2.45, 2.75) is 18.9 Å². The molecule has 2 aliphatic rings. The second-order valence-corrected chi connectivity index (χ2v) is 8.69. The van der Waals surface area contributed by atoms with Crippen LogP contribution in [0.25, 0.3) is 10.9 Å². The van der Waals surface area contributed by atoms with E-state index in [0.717, 1.165) is 22.0 Å². The molecule has 0 spiro atoms. The molecule has 0 radical (unpaired) electrons. The van der Waals surface area contributed by atoms with Gasteiger partial charge in [-0.15, -0.1) is 0 Å². The molecule has 2 aliphatic heterocycles. The fourth-order valence-electron chi connectivity index (χ4n) is 5.12. The minimum atomic E-state index is -0.322. The van der Waals surface area contributed by atoms with Crippen molar-refractivity contribution in [3.8, 4) is 0 Å². The minimum absolute atomic E-state index is 0.00262. The molecule has 7 heteroatoms. The lowest BCUT2D eigenvalue weighted by Crippen LogP contribution is -2.46. The lowest BCUT2D eigenvalue weighted by Gasteiger charge is -2.33. The van der Waals surface area contributed by atoms with Gasteiger partial charge in [-0.3, -0.25) is 14.4 Å². The predicted molar refractivity (Wildman–Crippen MR) is 121 cm³/mol. The number of fused-ring (bicyclic) bond motifs is 2. The first-order valence-electron chi connectivity index (χ1n) is 11.0. The summed E-state index contributed by atoms with van der Waals surface area (Å²) in [5.41, 5.74) is 9.09. The number of aryl methyl sites for hydroxylation is 1. The third-order valence-electron chi connectivity index (χ3n) is 6.84. The Morgan fingerprint density at radius 1 is 1.00 bits per heavy atom. The van der Waals surface area contributed by atoms with Crippen LogP contribution in [0.1, 0.15) is 40.4 Å². The summed E-state index contributed by atoms with van der Waals surface area (Å²) in [5, 5.41) is 1.07. The zero-order chi connectivity index (χ0) is 22.4. The third-order valence-corrected chi connectivity index (χ3v) is 6.84. The quantitative estimate of drug-likeness (QED) is 0.690. The molecule has 0 unspecified atom stereocenters. The smallest absolute Gasteiger partial charge is 0.255 e. The summed E-state index contributed by atoms with van der Waals surface area (Å²) in [6.45, 7) is 0.976. The highest BCUT2D eigenvalue weighted by molar-refractivity contribution is 6.02. The number of piperidine rings is 1. The van der Waals surface area contributed by atoms with Gasteiger partial charge in [0, 0.05) is 54.3 Å². The number of nitrogens with two attached hydrogens (primary N) is 1. The van der Waals surface area contributed by atoms with Crippen LogP contribution in [0.3, 0.4) is 0 Å². The molecule has 3 amide bonds. The van der Waals surface area contributed by atoms with Gasteiger partial charge in [-0.25, -0.2) is 0 Å². The number of carbonyl (C=O) groups excluding carboxylic acids is 3. The monoisotopic (exact) mass is 430 g/mol. The molecule has 2 N–H and O–H groups in total. The lowest BCUT2D eigenvalue weighted by molar-refractivity contribution is -0.135. The van der Waals surface area contributed by atoms with Gasteiger partial charge in [-0.2, -0.15) is 0 Å². The second-order valence-electron chi connectivity index (χ2n) is 8.69. The zero-order valence-corrected chi connectivity index (χ0v) is 18.0. The average Bonchev–Trinajstić information content (AvgIpc) is 3.28. The number of para-hydroxylation sites is 1. The van der Waals surface area contributed by atoms with Gasteiger partial charge >= 0.3 is 0 Å². The van der Waals surface area contributed by atoms with Gasteiger partial charge in [-0.1, -0.05) is 36.4 Å². The van der Waals surface area contributed by atoms with Crippen molar-refractivity contribution in [2.24, 2.45) is 18.7 Å². The van der Waals surface area contributed by atoms with Gasteiger partial charge in [0.2, 0.25) is 11.8 Å². The van der Waals surface area contributed by atoms with Crippen molar-refractivity contribution in [2.75, 3.05) is 19.6 Å². The van der Waals surface area contributed by atoms with Crippen molar-refractivity contribution < 1.29 is 14.4 Å². The molecular formula is C25H26N4O3. The SMILES string of the molecule is Cn1cc([C@H]2c3ccccc3C(=O)N2CC(=O)N2CCC(C(N)=O)CC2)c2ccccc21. The van der Waals surface area contributed by atoms with Gasteiger partial charge in [0.25, 0.3) is 5.91 Å². The Morgan fingerprint density at radius 3 is 2.44 bits per heavy atom. The second kappa shape index (κ2) is 7.82. The van der Waals surface area contributed by atoms with E-state index < -0.39 is 0 Å². The number of rotatable bonds is 4. The molecule has 0 saturated carbocycles. The molecule has 7 nitrogen and oxygen atoms in total. The minimum Gasteiger partial charge on any atom is -0.369 e. The number of hydrogen-bond donors (Lipinski definition) is 1. The molecular weight excluding hydrogens is 404 g/mol. The van der Waals surface area contributed by atoms with E-state index in [4.69, 9.17) is 5.73 Å². The van der Waals surface area contributed by atoms with E-state index in [-0.39, 0.29) is 36.2 Å². The van der Waals surface area contributed by atoms with E-state index in [1.807, 2.05) is 43.4 Å². The van der Waals surface area contributed by atoms with Crippen LogP contribution in [0.15, 0.2) is 54.7 Å². The van der Waals surface area contributed by atoms with Crippen LogP contribution in [-0.2, 0) is 16.6 Å². The number of nitrogens with zero attached hydrogens (tertiary/aromatic N) is 3. The lowest BCUT2D eigenvalue weighted by atomic mass is 9.96. The van der Waals surface area contributed by atoms with E-state index >= 15 is 0 Å². The molecule has 3 aromatic rings. The maximum Gasteiger partial charge on any atom is 0.255 e. The summed E-state index contributed by atoms with van der Waals surface area (Å²) in [6, 6.07) is 15.4. The summed E-state index contributed by atoms with van der Waals surface area (Å²) in [7, 11) is 1.99. The first-order chi connectivity index (χ1) is 15.5. The Labute approximate surface area is 186 Å². The molecule has 3 heterocycles. The summed E-state index contributed by atoms with van der Waals surface area (Å²) in [5.74, 6) is -0.711. The number of hydrogen-bond acceptors (Lipinski definition) is 3. The fourth-order valence-corrected chi connectivity index (χ4v) is 5.12. The van der Waals surface area contributed by atoms with E-state index in [9.17, 15) is 14.4 Å². The molecule has 1 atom stereocenters. The van der Waals surface area contributed by atoms with Crippen LogP contribution in [0, 0.1) is 5.92 Å². The molecule has 164 valence electrons. The molecule has 2 aromatic carbocycles. The molecule has 32 heavy (non-hydrogen) atoms. The summed E-state index contributed by atoms with van der Waals surface area (Å²) < 4.78 is 2.06. The maximum atomic E-state index is 13.4. The summed E-state index contributed by atoms with van der Waals surface area (Å²) >= 11 is 0. The van der Waals surface area contributed by atoms with Crippen molar-refractivity contribution in [3.63, 3.8) is 0 Å². The number of amides is 3. The first kappa shape index (κ1) is 20.3. The van der Waals surface area contributed by atoms with Crippen molar-refractivity contribution in [1.82, 2.24) is 14.4 Å².